The van der Waals surface area contributed by atoms with Gasteiger partial charge in [-0.2, -0.15) is 0 Å². The predicted octanol–water partition coefficient (Wildman–Crippen LogP) is 0.881. The molecule has 0 spiro atoms. The maximum absolute atomic E-state index is 12.1. The minimum absolute atomic E-state index is 0.0600. The molecule has 16 heavy (non-hydrogen) atoms. The van der Waals surface area contributed by atoms with Gasteiger partial charge in [-0.05, 0) is 25.8 Å². The van der Waals surface area contributed by atoms with Crippen LogP contribution in [0.25, 0.3) is 0 Å². The Morgan fingerprint density at radius 3 is 2.50 bits per heavy atom. The Morgan fingerprint density at radius 2 is 1.88 bits per heavy atom. The summed E-state index contributed by atoms with van der Waals surface area (Å²) in [4.78, 5) is 2.33. The molecule has 0 radical (unpaired) electrons. The zero-order chi connectivity index (χ0) is 11.6. The number of halogens is 1. The third-order valence-corrected chi connectivity index (χ3v) is 6.01. The summed E-state index contributed by atoms with van der Waals surface area (Å²) < 4.78 is 25.8. The molecule has 1 heterocycles. The van der Waals surface area contributed by atoms with Gasteiger partial charge in [0.25, 0.3) is 0 Å². The molecule has 0 bridgehead atoms. The standard InChI is InChI=1S/C10H19BrN2O2S/c11-4-7-12-5-1-6-13(9-8-12)16(14,15)10-2-3-10/h10H,1-9H2. The van der Waals surface area contributed by atoms with Crippen LogP contribution in [0.5, 0.6) is 0 Å². The molecular weight excluding hydrogens is 292 g/mol. The van der Waals surface area contributed by atoms with Gasteiger partial charge in [0.1, 0.15) is 0 Å². The van der Waals surface area contributed by atoms with E-state index in [9.17, 15) is 8.42 Å². The van der Waals surface area contributed by atoms with Gasteiger partial charge in [0, 0.05) is 31.5 Å². The van der Waals surface area contributed by atoms with Crippen molar-refractivity contribution in [3.8, 4) is 0 Å². The van der Waals surface area contributed by atoms with Gasteiger partial charge < -0.3 is 4.90 Å². The van der Waals surface area contributed by atoms with E-state index >= 15 is 0 Å². The van der Waals surface area contributed by atoms with Gasteiger partial charge in [0.2, 0.25) is 10.0 Å². The van der Waals surface area contributed by atoms with Gasteiger partial charge in [-0.25, -0.2) is 12.7 Å². The minimum Gasteiger partial charge on any atom is -0.301 e. The van der Waals surface area contributed by atoms with Crippen LogP contribution in [0.1, 0.15) is 19.3 Å². The lowest BCUT2D eigenvalue weighted by atomic mass is 10.4. The molecule has 2 fully saturated rings. The average Bonchev–Trinajstić information content (AvgIpc) is 3.06. The van der Waals surface area contributed by atoms with E-state index in [1.807, 2.05) is 0 Å². The van der Waals surface area contributed by atoms with Gasteiger partial charge in [-0.3, -0.25) is 0 Å². The molecule has 6 heteroatoms. The first-order chi connectivity index (χ1) is 7.64. The molecule has 2 aliphatic rings. The van der Waals surface area contributed by atoms with Crippen molar-refractivity contribution in [2.75, 3.05) is 38.1 Å². The lowest BCUT2D eigenvalue weighted by Gasteiger charge is -2.20. The topological polar surface area (TPSA) is 40.6 Å². The van der Waals surface area contributed by atoms with Gasteiger partial charge >= 0.3 is 0 Å². The van der Waals surface area contributed by atoms with Crippen molar-refractivity contribution in [3.63, 3.8) is 0 Å². The molecule has 4 nitrogen and oxygen atoms in total. The summed E-state index contributed by atoms with van der Waals surface area (Å²) in [5.74, 6) is 0. The molecular formula is C10H19BrN2O2S. The second-order valence-corrected chi connectivity index (χ2v) is 7.53. The Hall–Kier alpha value is 0.350. The molecule has 0 aromatic carbocycles. The van der Waals surface area contributed by atoms with E-state index in [2.05, 4.69) is 20.8 Å². The molecule has 1 saturated carbocycles. The summed E-state index contributed by atoms with van der Waals surface area (Å²) >= 11 is 3.42. The first kappa shape index (κ1) is 12.8. The molecule has 2 rings (SSSR count). The van der Waals surface area contributed by atoms with Crippen LogP contribution in [0.4, 0.5) is 0 Å². The lowest BCUT2D eigenvalue weighted by molar-refractivity contribution is 0.305. The van der Waals surface area contributed by atoms with Crippen LogP contribution in [-0.2, 0) is 10.0 Å². The zero-order valence-corrected chi connectivity index (χ0v) is 11.8. The van der Waals surface area contributed by atoms with Crippen molar-refractivity contribution in [2.45, 2.75) is 24.5 Å². The van der Waals surface area contributed by atoms with E-state index in [1.165, 1.54) is 0 Å². The summed E-state index contributed by atoms with van der Waals surface area (Å²) in [6, 6.07) is 0. The number of nitrogens with zero attached hydrogens (tertiary/aromatic N) is 2. The number of hydrogen-bond donors (Lipinski definition) is 0. The summed E-state index contributed by atoms with van der Waals surface area (Å²) in [6.45, 7) is 4.28. The normalized spacial score (nSPS) is 25.6. The third-order valence-electron chi connectivity index (χ3n) is 3.25. The second kappa shape index (κ2) is 5.33. The lowest BCUT2D eigenvalue weighted by Crippen LogP contribution is -2.37. The monoisotopic (exact) mass is 310 g/mol. The van der Waals surface area contributed by atoms with Crippen LogP contribution in [0.2, 0.25) is 0 Å². The highest BCUT2D eigenvalue weighted by atomic mass is 79.9. The van der Waals surface area contributed by atoms with Crippen LogP contribution >= 0.6 is 15.9 Å². The molecule has 0 amide bonds. The zero-order valence-electron chi connectivity index (χ0n) is 9.44. The van der Waals surface area contributed by atoms with Crippen molar-refractivity contribution in [2.24, 2.45) is 0 Å². The van der Waals surface area contributed by atoms with Crippen molar-refractivity contribution in [1.29, 1.82) is 0 Å². The fourth-order valence-corrected chi connectivity index (χ4v) is 4.50. The number of sulfonamides is 1. The van der Waals surface area contributed by atoms with E-state index < -0.39 is 10.0 Å². The van der Waals surface area contributed by atoms with Gasteiger partial charge in [0.15, 0.2) is 0 Å². The van der Waals surface area contributed by atoms with Crippen LogP contribution in [0.3, 0.4) is 0 Å². The van der Waals surface area contributed by atoms with E-state index in [0.717, 1.165) is 44.2 Å². The van der Waals surface area contributed by atoms with Crippen molar-refractivity contribution >= 4 is 26.0 Å². The van der Waals surface area contributed by atoms with Crippen molar-refractivity contribution in [1.82, 2.24) is 9.21 Å². The average molecular weight is 311 g/mol. The van der Waals surface area contributed by atoms with Crippen LogP contribution in [0, 0.1) is 0 Å². The molecule has 1 saturated heterocycles. The Labute approximate surface area is 106 Å². The number of hydrogen-bond acceptors (Lipinski definition) is 3. The van der Waals surface area contributed by atoms with Crippen molar-refractivity contribution in [3.05, 3.63) is 0 Å². The molecule has 1 aliphatic heterocycles. The summed E-state index contributed by atoms with van der Waals surface area (Å²) in [6.07, 6.45) is 2.69. The van der Waals surface area contributed by atoms with Gasteiger partial charge in [-0.15, -0.1) is 0 Å². The SMILES string of the molecule is O=S(=O)(C1CC1)N1CCCN(CCBr)CC1. The van der Waals surface area contributed by atoms with Gasteiger partial charge in [0.05, 0.1) is 5.25 Å². The predicted molar refractivity (Wildman–Crippen MR) is 68.4 cm³/mol. The first-order valence-electron chi connectivity index (χ1n) is 5.92. The van der Waals surface area contributed by atoms with Crippen molar-refractivity contribution < 1.29 is 8.42 Å². The molecule has 0 N–H and O–H groups in total. The highest BCUT2D eigenvalue weighted by Crippen LogP contribution is 2.31. The number of rotatable bonds is 4. The fraction of sp³-hybridized carbons (Fsp3) is 1.00. The number of alkyl halides is 1. The van der Waals surface area contributed by atoms with Crippen LogP contribution in [-0.4, -0.2) is 60.9 Å². The molecule has 0 unspecified atom stereocenters. The van der Waals surface area contributed by atoms with E-state index in [0.29, 0.717) is 13.1 Å². The quantitative estimate of drug-likeness (QED) is 0.724. The Bertz CT molecular complexity index is 330. The maximum Gasteiger partial charge on any atom is 0.217 e. The fourth-order valence-electron chi connectivity index (χ4n) is 2.12. The highest BCUT2D eigenvalue weighted by molar-refractivity contribution is 9.09. The molecule has 94 valence electrons. The summed E-state index contributed by atoms with van der Waals surface area (Å²) in [5, 5.41) is 0.901. The maximum atomic E-state index is 12.1. The largest absolute Gasteiger partial charge is 0.301 e. The highest BCUT2D eigenvalue weighted by Gasteiger charge is 2.40. The van der Waals surface area contributed by atoms with Gasteiger partial charge in [-0.1, -0.05) is 15.9 Å². The smallest absolute Gasteiger partial charge is 0.217 e. The third kappa shape index (κ3) is 2.97. The van der Waals surface area contributed by atoms with E-state index in [1.54, 1.807) is 4.31 Å². The molecule has 0 atom stereocenters. The Balaban J connectivity index is 1.93. The van der Waals surface area contributed by atoms with Crippen LogP contribution in [0.15, 0.2) is 0 Å². The Morgan fingerprint density at radius 1 is 1.12 bits per heavy atom. The van der Waals surface area contributed by atoms with Crippen LogP contribution < -0.4 is 0 Å². The van der Waals surface area contributed by atoms with E-state index in [-0.39, 0.29) is 5.25 Å². The molecule has 0 aromatic heterocycles. The van der Waals surface area contributed by atoms with E-state index in [4.69, 9.17) is 0 Å². The second-order valence-electron chi connectivity index (χ2n) is 4.53. The summed E-state index contributed by atoms with van der Waals surface area (Å²) in [5.41, 5.74) is 0. The Kier molecular flexibility index (Phi) is 4.26. The minimum atomic E-state index is -2.96. The first-order valence-corrected chi connectivity index (χ1v) is 8.54. The molecule has 0 aromatic rings. The summed E-state index contributed by atoms with van der Waals surface area (Å²) in [7, 11) is -2.96. The molecule has 1 aliphatic carbocycles.